The Hall–Kier alpha value is -1.55. The summed E-state index contributed by atoms with van der Waals surface area (Å²) < 4.78 is 10.8. The zero-order chi connectivity index (χ0) is 17.1. The van der Waals surface area contributed by atoms with Gasteiger partial charge >= 0.3 is 5.97 Å². The van der Waals surface area contributed by atoms with E-state index in [1.54, 1.807) is 7.11 Å². The topological polar surface area (TPSA) is 47.6 Å². The Balaban J connectivity index is 1.76. The van der Waals surface area contributed by atoms with Gasteiger partial charge in [0.05, 0.1) is 19.6 Å². The number of piperidine rings is 2. The number of hydrogen-bond acceptors (Lipinski definition) is 4. The minimum Gasteiger partial charge on any atom is -0.497 e. The zero-order valence-corrected chi connectivity index (χ0v) is 15.0. The molecule has 0 spiro atoms. The Morgan fingerprint density at radius 2 is 2.12 bits per heavy atom. The van der Waals surface area contributed by atoms with Crippen molar-refractivity contribution in [1.29, 1.82) is 0 Å². The first-order chi connectivity index (χ1) is 11.4. The maximum atomic E-state index is 12.4. The summed E-state index contributed by atoms with van der Waals surface area (Å²) in [5.41, 5.74) is 2.95. The summed E-state index contributed by atoms with van der Waals surface area (Å²) in [4.78, 5) is 12.4. The van der Waals surface area contributed by atoms with Gasteiger partial charge in [-0.2, -0.15) is 0 Å². The molecule has 2 aliphatic heterocycles. The van der Waals surface area contributed by atoms with Gasteiger partial charge in [0.15, 0.2) is 0 Å². The van der Waals surface area contributed by atoms with E-state index in [4.69, 9.17) is 9.47 Å². The van der Waals surface area contributed by atoms with Crippen LogP contribution in [-0.2, 0) is 21.4 Å². The van der Waals surface area contributed by atoms with E-state index >= 15 is 0 Å². The molecule has 1 aromatic carbocycles. The summed E-state index contributed by atoms with van der Waals surface area (Å²) in [6.45, 7) is 7.08. The highest BCUT2D eigenvalue weighted by Gasteiger charge is 2.64. The summed E-state index contributed by atoms with van der Waals surface area (Å²) in [5.74, 6) is 0.868. The molecule has 5 unspecified atom stereocenters. The quantitative estimate of drug-likeness (QED) is 0.866. The van der Waals surface area contributed by atoms with E-state index in [0.717, 1.165) is 25.0 Å². The fourth-order valence-electron chi connectivity index (χ4n) is 5.58. The zero-order valence-electron chi connectivity index (χ0n) is 15.0. The summed E-state index contributed by atoms with van der Waals surface area (Å²) in [7, 11) is 1.72. The average molecular weight is 329 g/mol. The predicted molar refractivity (Wildman–Crippen MR) is 92.2 cm³/mol. The highest BCUT2D eigenvalue weighted by atomic mass is 16.5. The van der Waals surface area contributed by atoms with E-state index in [9.17, 15) is 4.79 Å². The molecule has 2 saturated heterocycles. The maximum absolute atomic E-state index is 12.4. The number of carbonyl (C=O) groups is 1. The molecule has 1 saturated carbocycles. The monoisotopic (exact) mass is 329 g/mol. The Kier molecular flexibility index (Phi) is 3.47. The SMILES string of the molecule is CCOC(=O)C1CC2(C)C3Cc4ccc(OC)cc4C2(C)CC1N3. The summed E-state index contributed by atoms with van der Waals surface area (Å²) in [5, 5.41) is 3.78. The Morgan fingerprint density at radius 3 is 2.83 bits per heavy atom. The number of carbonyl (C=O) groups excluding carboxylic acids is 1. The fraction of sp³-hybridized carbons (Fsp3) is 0.650. The standard InChI is InChI=1S/C20H27NO3/c1-5-24-18(22)14-10-20(3)17-8-12-6-7-13(23-4)9-15(12)19(20,2)11-16(14)21-17/h6-7,9,14,16-17,21H,5,8,10-11H2,1-4H3. The maximum Gasteiger partial charge on any atom is 0.310 e. The van der Waals surface area contributed by atoms with Gasteiger partial charge in [-0.05, 0) is 54.9 Å². The van der Waals surface area contributed by atoms with Crippen LogP contribution in [-0.4, -0.2) is 31.8 Å². The molecule has 4 nitrogen and oxygen atoms in total. The van der Waals surface area contributed by atoms with Crippen molar-refractivity contribution in [3.63, 3.8) is 0 Å². The van der Waals surface area contributed by atoms with Crippen molar-refractivity contribution >= 4 is 5.97 Å². The molecule has 0 radical (unpaired) electrons. The Bertz CT molecular complexity index is 687. The van der Waals surface area contributed by atoms with Crippen LogP contribution in [0.1, 0.15) is 44.7 Å². The Morgan fingerprint density at radius 1 is 1.33 bits per heavy atom. The molecular formula is C20H27NO3. The van der Waals surface area contributed by atoms with Gasteiger partial charge in [-0.25, -0.2) is 0 Å². The number of benzene rings is 1. The van der Waals surface area contributed by atoms with Crippen LogP contribution in [0.5, 0.6) is 5.75 Å². The lowest BCUT2D eigenvalue weighted by Crippen LogP contribution is -2.73. The molecule has 4 aliphatic rings. The van der Waals surface area contributed by atoms with Crippen LogP contribution >= 0.6 is 0 Å². The molecular weight excluding hydrogens is 302 g/mol. The first-order valence-corrected chi connectivity index (χ1v) is 9.03. The number of nitrogens with one attached hydrogen (secondary N) is 1. The van der Waals surface area contributed by atoms with Crippen LogP contribution in [0.2, 0.25) is 0 Å². The molecule has 4 bridgehead atoms. The number of methoxy groups -OCH3 is 1. The first kappa shape index (κ1) is 15.9. The second kappa shape index (κ2) is 5.22. The second-order valence-electron chi connectivity index (χ2n) is 8.07. The van der Waals surface area contributed by atoms with Gasteiger partial charge in [-0.3, -0.25) is 4.79 Å². The molecule has 130 valence electrons. The second-order valence-corrected chi connectivity index (χ2v) is 8.07. The average Bonchev–Trinajstić information content (AvgIpc) is 2.55. The lowest BCUT2D eigenvalue weighted by molar-refractivity contribution is -0.160. The summed E-state index contributed by atoms with van der Waals surface area (Å²) >= 11 is 0. The van der Waals surface area contributed by atoms with Crippen molar-refractivity contribution in [3.8, 4) is 5.75 Å². The van der Waals surface area contributed by atoms with Gasteiger partial charge in [0.1, 0.15) is 5.75 Å². The van der Waals surface area contributed by atoms with E-state index in [1.807, 2.05) is 6.92 Å². The number of rotatable bonds is 3. The van der Waals surface area contributed by atoms with Crippen molar-refractivity contribution in [2.45, 2.75) is 57.5 Å². The van der Waals surface area contributed by atoms with Crippen LogP contribution in [0.4, 0.5) is 0 Å². The summed E-state index contributed by atoms with van der Waals surface area (Å²) in [6.07, 6.45) is 2.91. The van der Waals surface area contributed by atoms with Crippen LogP contribution in [0.15, 0.2) is 18.2 Å². The van der Waals surface area contributed by atoms with E-state index in [0.29, 0.717) is 12.6 Å². The van der Waals surface area contributed by atoms with Crippen molar-refractivity contribution < 1.29 is 14.3 Å². The van der Waals surface area contributed by atoms with Gasteiger partial charge in [0, 0.05) is 17.5 Å². The van der Waals surface area contributed by atoms with Gasteiger partial charge in [-0.15, -0.1) is 0 Å². The predicted octanol–water partition coefficient (Wildman–Crippen LogP) is 2.83. The molecule has 24 heavy (non-hydrogen) atoms. The smallest absolute Gasteiger partial charge is 0.310 e. The van der Waals surface area contributed by atoms with Gasteiger partial charge in [0.2, 0.25) is 0 Å². The largest absolute Gasteiger partial charge is 0.497 e. The molecule has 2 heterocycles. The van der Waals surface area contributed by atoms with Crippen LogP contribution in [0.3, 0.4) is 0 Å². The van der Waals surface area contributed by atoms with E-state index < -0.39 is 0 Å². The minimum absolute atomic E-state index is 0.0218. The molecule has 2 aliphatic carbocycles. The molecule has 5 rings (SSSR count). The third-order valence-electron chi connectivity index (χ3n) is 7.13. The van der Waals surface area contributed by atoms with Crippen LogP contribution in [0.25, 0.3) is 0 Å². The van der Waals surface area contributed by atoms with Gasteiger partial charge in [-0.1, -0.05) is 19.9 Å². The molecule has 1 aromatic rings. The fourth-order valence-corrected chi connectivity index (χ4v) is 5.58. The van der Waals surface area contributed by atoms with Gasteiger partial charge in [0.25, 0.3) is 0 Å². The van der Waals surface area contributed by atoms with Crippen molar-refractivity contribution in [3.05, 3.63) is 29.3 Å². The third-order valence-corrected chi connectivity index (χ3v) is 7.13. The highest BCUT2D eigenvalue weighted by Crippen LogP contribution is 2.62. The minimum atomic E-state index is -0.0341. The number of hydrogen-bond donors (Lipinski definition) is 1. The molecule has 0 amide bonds. The van der Waals surface area contributed by atoms with Crippen molar-refractivity contribution in [2.24, 2.45) is 11.3 Å². The molecule has 5 atom stereocenters. The molecule has 1 N–H and O–H groups in total. The van der Waals surface area contributed by atoms with Crippen molar-refractivity contribution in [2.75, 3.05) is 13.7 Å². The Labute approximate surface area is 143 Å². The van der Waals surface area contributed by atoms with Crippen LogP contribution in [0, 0.1) is 11.3 Å². The lowest BCUT2D eigenvalue weighted by Gasteiger charge is -2.66. The van der Waals surface area contributed by atoms with E-state index in [2.05, 4.69) is 37.4 Å². The number of fused-ring (bicyclic) bond motifs is 2. The first-order valence-electron chi connectivity index (χ1n) is 9.03. The summed E-state index contributed by atoms with van der Waals surface area (Å²) in [6, 6.07) is 7.13. The normalized spacial score (nSPS) is 39.2. The van der Waals surface area contributed by atoms with Gasteiger partial charge < -0.3 is 14.8 Å². The number of ether oxygens (including phenoxy) is 2. The van der Waals surface area contributed by atoms with E-state index in [-0.39, 0.29) is 28.8 Å². The van der Waals surface area contributed by atoms with Crippen molar-refractivity contribution in [1.82, 2.24) is 5.32 Å². The molecule has 0 aromatic heterocycles. The lowest BCUT2D eigenvalue weighted by atomic mass is 9.43. The highest BCUT2D eigenvalue weighted by molar-refractivity contribution is 5.74. The number of esters is 1. The molecule has 3 fully saturated rings. The van der Waals surface area contributed by atoms with E-state index in [1.165, 1.54) is 11.1 Å². The molecule has 4 heteroatoms. The van der Waals surface area contributed by atoms with Crippen LogP contribution < -0.4 is 10.1 Å². The third kappa shape index (κ3) is 1.92.